The van der Waals surface area contributed by atoms with Gasteiger partial charge < -0.3 is 10.2 Å². The van der Waals surface area contributed by atoms with Crippen LogP contribution in [-0.4, -0.2) is 76.0 Å². The molecule has 2 saturated heterocycles. The Morgan fingerprint density at radius 2 is 1.75 bits per heavy atom. The lowest BCUT2D eigenvalue weighted by Crippen LogP contribution is -2.54. The standard InChI is InChI=1S/C22H27N7O3/c1-22(9-8-17-6-3-2-4-7-17)19(31)29(21(32)25-22)26-18(30)16-27-12-14-28(15-13-27)20-23-10-5-11-24-20/h2-7,10-11H,8-9,12-16H2,1H3,(H,25,32)(H,26,30)/t22-/m0/s1. The Labute approximate surface area is 186 Å². The number of carbonyl (C=O) groups excluding carboxylic acids is 3. The highest BCUT2D eigenvalue weighted by atomic mass is 16.2. The number of hydrazine groups is 1. The minimum Gasteiger partial charge on any atom is -0.338 e. The molecule has 0 aliphatic carbocycles. The summed E-state index contributed by atoms with van der Waals surface area (Å²) in [6.45, 7) is 4.48. The van der Waals surface area contributed by atoms with E-state index in [4.69, 9.17) is 0 Å². The van der Waals surface area contributed by atoms with Crippen LogP contribution in [0.1, 0.15) is 18.9 Å². The van der Waals surface area contributed by atoms with Gasteiger partial charge in [0, 0.05) is 38.6 Å². The molecule has 0 saturated carbocycles. The fraction of sp³-hybridized carbons (Fsp3) is 0.409. The van der Waals surface area contributed by atoms with Crippen molar-refractivity contribution in [2.24, 2.45) is 0 Å². The van der Waals surface area contributed by atoms with Crippen LogP contribution in [0.15, 0.2) is 48.8 Å². The van der Waals surface area contributed by atoms with Crippen LogP contribution in [0.3, 0.4) is 0 Å². The first-order valence-electron chi connectivity index (χ1n) is 10.7. The molecule has 2 fully saturated rings. The molecule has 0 spiro atoms. The number of hydrogen-bond donors (Lipinski definition) is 2. The molecule has 2 aliphatic rings. The number of anilines is 1. The molecule has 0 unspecified atom stereocenters. The van der Waals surface area contributed by atoms with Crippen molar-refractivity contribution in [2.45, 2.75) is 25.3 Å². The van der Waals surface area contributed by atoms with Gasteiger partial charge in [0.25, 0.3) is 11.8 Å². The average molecular weight is 438 g/mol. The number of rotatable bonds is 7. The molecule has 0 bridgehead atoms. The Kier molecular flexibility index (Phi) is 6.31. The summed E-state index contributed by atoms with van der Waals surface area (Å²) < 4.78 is 0. The molecular weight excluding hydrogens is 410 g/mol. The molecule has 1 aromatic heterocycles. The number of nitrogens with one attached hydrogen (secondary N) is 2. The van der Waals surface area contributed by atoms with E-state index in [1.165, 1.54) is 0 Å². The van der Waals surface area contributed by atoms with Gasteiger partial charge in [0.15, 0.2) is 0 Å². The van der Waals surface area contributed by atoms with Crippen molar-refractivity contribution in [3.8, 4) is 0 Å². The zero-order valence-electron chi connectivity index (χ0n) is 18.0. The van der Waals surface area contributed by atoms with Crippen molar-refractivity contribution in [1.82, 2.24) is 30.6 Å². The van der Waals surface area contributed by atoms with Gasteiger partial charge in [-0.05, 0) is 31.4 Å². The Morgan fingerprint density at radius 3 is 2.44 bits per heavy atom. The minimum absolute atomic E-state index is 0.0985. The average Bonchev–Trinajstić information content (AvgIpc) is 3.03. The van der Waals surface area contributed by atoms with Gasteiger partial charge in [-0.3, -0.25) is 19.9 Å². The zero-order valence-corrected chi connectivity index (χ0v) is 18.0. The molecule has 1 aromatic carbocycles. The molecule has 168 valence electrons. The van der Waals surface area contributed by atoms with Crippen LogP contribution in [0.5, 0.6) is 0 Å². The summed E-state index contributed by atoms with van der Waals surface area (Å²) in [5.74, 6) is -0.172. The third kappa shape index (κ3) is 4.86. The van der Waals surface area contributed by atoms with E-state index in [0.717, 1.165) is 10.6 Å². The molecule has 4 rings (SSSR count). The summed E-state index contributed by atoms with van der Waals surface area (Å²) in [6, 6.07) is 10.9. The van der Waals surface area contributed by atoms with Gasteiger partial charge in [-0.25, -0.2) is 14.8 Å². The van der Waals surface area contributed by atoms with Gasteiger partial charge >= 0.3 is 6.03 Å². The van der Waals surface area contributed by atoms with Crippen LogP contribution in [0, 0.1) is 0 Å². The second-order valence-electron chi connectivity index (χ2n) is 8.24. The second-order valence-corrected chi connectivity index (χ2v) is 8.24. The number of piperazine rings is 1. The molecule has 3 heterocycles. The number of amides is 4. The normalized spacial score (nSPS) is 21.5. The lowest BCUT2D eigenvalue weighted by atomic mass is 9.93. The van der Waals surface area contributed by atoms with E-state index in [-0.39, 0.29) is 6.54 Å². The van der Waals surface area contributed by atoms with Crippen molar-refractivity contribution in [3.05, 3.63) is 54.4 Å². The Morgan fingerprint density at radius 1 is 1.06 bits per heavy atom. The highest BCUT2D eigenvalue weighted by Crippen LogP contribution is 2.22. The monoisotopic (exact) mass is 437 g/mol. The van der Waals surface area contributed by atoms with Crippen LogP contribution in [0.2, 0.25) is 0 Å². The maximum absolute atomic E-state index is 12.9. The smallest absolute Gasteiger partial charge is 0.338 e. The van der Waals surface area contributed by atoms with Crippen molar-refractivity contribution in [1.29, 1.82) is 0 Å². The summed E-state index contributed by atoms with van der Waals surface area (Å²) >= 11 is 0. The van der Waals surface area contributed by atoms with Crippen LogP contribution in [-0.2, 0) is 16.0 Å². The fourth-order valence-electron chi connectivity index (χ4n) is 3.92. The number of aromatic nitrogens is 2. The molecular formula is C22H27N7O3. The lowest BCUT2D eigenvalue weighted by Gasteiger charge is -2.34. The van der Waals surface area contributed by atoms with E-state index in [9.17, 15) is 14.4 Å². The van der Waals surface area contributed by atoms with Crippen LogP contribution in [0.25, 0.3) is 0 Å². The molecule has 2 N–H and O–H groups in total. The summed E-state index contributed by atoms with van der Waals surface area (Å²) in [4.78, 5) is 50.3. The second kappa shape index (κ2) is 9.31. The van der Waals surface area contributed by atoms with Crippen molar-refractivity contribution < 1.29 is 14.4 Å². The van der Waals surface area contributed by atoms with Crippen molar-refractivity contribution in [2.75, 3.05) is 37.6 Å². The van der Waals surface area contributed by atoms with Gasteiger partial charge in [-0.1, -0.05) is 30.3 Å². The quantitative estimate of drug-likeness (QED) is 0.610. The van der Waals surface area contributed by atoms with Gasteiger partial charge in [-0.2, -0.15) is 5.01 Å². The van der Waals surface area contributed by atoms with Gasteiger partial charge in [-0.15, -0.1) is 0 Å². The number of benzene rings is 1. The molecule has 2 aliphatic heterocycles. The zero-order chi connectivity index (χ0) is 22.6. The summed E-state index contributed by atoms with van der Waals surface area (Å²) in [6.07, 6.45) is 4.49. The number of hydrogen-bond acceptors (Lipinski definition) is 7. The highest BCUT2D eigenvalue weighted by molar-refractivity contribution is 6.07. The predicted octanol–water partition coefficient (Wildman–Crippen LogP) is 0.573. The molecule has 10 heteroatoms. The maximum Gasteiger partial charge on any atom is 0.344 e. The summed E-state index contributed by atoms with van der Waals surface area (Å²) in [7, 11) is 0. The largest absolute Gasteiger partial charge is 0.344 e. The Bertz CT molecular complexity index is 964. The van der Waals surface area contributed by atoms with Gasteiger partial charge in [0.1, 0.15) is 5.54 Å². The van der Waals surface area contributed by atoms with E-state index < -0.39 is 23.4 Å². The fourth-order valence-corrected chi connectivity index (χ4v) is 3.92. The topological polar surface area (TPSA) is 111 Å². The molecule has 32 heavy (non-hydrogen) atoms. The molecule has 10 nitrogen and oxygen atoms in total. The van der Waals surface area contributed by atoms with E-state index >= 15 is 0 Å². The van der Waals surface area contributed by atoms with Crippen LogP contribution in [0.4, 0.5) is 10.7 Å². The third-order valence-electron chi connectivity index (χ3n) is 5.83. The maximum atomic E-state index is 12.9. The molecule has 4 amide bonds. The highest BCUT2D eigenvalue weighted by Gasteiger charge is 2.48. The number of imide groups is 1. The van der Waals surface area contributed by atoms with E-state index in [2.05, 4.69) is 25.6 Å². The minimum atomic E-state index is -1.05. The molecule has 0 radical (unpaired) electrons. The lowest BCUT2D eigenvalue weighted by molar-refractivity contribution is -0.139. The predicted molar refractivity (Wildman–Crippen MR) is 117 cm³/mol. The summed E-state index contributed by atoms with van der Waals surface area (Å²) in [5.41, 5.74) is 2.50. The van der Waals surface area contributed by atoms with E-state index in [1.807, 2.05) is 35.2 Å². The number of urea groups is 1. The van der Waals surface area contributed by atoms with Gasteiger partial charge in [0.05, 0.1) is 6.54 Å². The molecule has 2 aromatic rings. The van der Waals surface area contributed by atoms with Crippen molar-refractivity contribution in [3.63, 3.8) is 0 Å². The van der Waals surface area contributed by atoms with E-state index in [1.54, 1.807) is 25.4 Å². The number of nitrogens with zero attached hydrogens (tertiary/aromatic N) is 5. The third-order valence-corrected chi connectivity index (χ3v) is 5.83. The first-order valence-corrected chi connectivity index (χ1v) is 10.7. The summed E-state index contributed by atoms with van der Waals surface area (Å²) in [5, 5.41) is 3.53. The SMILES string of the molecule is C[C@@]1(CCc2ccccc2)NC(=O)N(NC(=O)CN2CCN(c3ncccn3)CC2)C1=O. The number of carbonyl (C=O) groups is 3. The molecule has 1 atom stereocenters. The van der Waals surface area contributed by atoms with Crippen molar-refractivity contribution >= 4 is 23.8 Å². The Balaban J connectivity index is 1.27. The Hall–Kier alpha value is -3.53. The van der Waals surface area contributed by atoms with Crippen LogP contribution >= 0.6 is 0 Å². The van der Waals surface area contributed by atoms with Gasteiger partial charge in [0.2, 0.25) is 5.95 Å². The first-order chi connectivity index (χ1) is 15.4. The van der Waals surface area contributed by atoms with Crippen LogP contribution < -0.4 is 15.6 Å². The van der Waals surface area contributed by atoms with E-state index in [0.29, 0.717) is 45.0 Å². The number of aryl methyl sites for hydroxylation is 1. The first kappa shape index (κ1) is 21.7.